The Morgan fingerprint density at radius 3 is 2.84 bits per heavy atom. The van der Waals surface area contributed by atoms with E-state index in [1.165, 1.54) is 0 Å². The van der Waals surface area contributed by atoms with Gasteiger partial charge in [0, 0.05) is 17.3 Å². The molecule has 2 heterocycles. The van der Waals surface area contributed by atoms with E-state index in [4.69, 9.17) is 4.74 Å². The van der Waals surface area contributed by atoms with E-state index in [-0.39, 0.29) is 12.0 Å². The van der Waals surface area contributed by atoms with Crippen LogP contribution in [0.15, 0.2) is 48.8 Å². The zero-order chi connectivity index (χ0) is 17.8. The van der Waals surface area contributed by atoms with Gasteiger partial charge in [-0.2, -0.15) is 0 Å². The summed E-state index contributed by atoms with van der Waals surface area (Å²) >= 11 is 0. The number of rotatable bonds is 5. The number of hydrogen-bond donors (Lipinski definition) is 1. The van der Waals surface area contributed by atoms with Crippen molar-refractivity contribution in [1.82, 2.24) is 15.3 Å². The fourth-order valence-corrected chi connectivity index (χ4v) is 2.68. The van der Waals surface area contributed by atoms with E-state index in [1.54, 1.807) is 12.4 Å². The van der Waals surface area contributed by atoms with Crippen molar-refractivity contribution in [3.05, 3.63) is 65.6 Å². The zero-order valence-corrected chi connectivity index (χ0v) is 14.6. The van der Waals surface area contributed by atoms with Crippen LogP contribution in [-0.2, 0) is 0 Å². The summed E-state index contributed by atoms with van der Waals surface area (Å²) in [6, 6.07) is 11.4. The number of aromatic nitrogens is 2. The van der Waals surface area contributed by atoms with E-state index in [1.807, 2.05) is 57.2 Å². The maximum Gasteiger partial charge on any atom is 0.252 e. The molecule has 0 fully saturated rings. The third-order valence-corrected chi connectivity index (χ3v) is 3.86. The van der Waals surface area contributed by atoms with Crippen LogP contribution in [0, 0.1) is 13.8 Å². The Bertz CT molecular complexity index is 894. The van der Waals surface area contributed by atoms with Gasteiger partial charge in [0.05, 0.1) is 23.8 Å². The molecule has 0 spiro atoms. The summed E-state index contributed by atoms with van der Waals surface area (Å²) < 4.78 is 5.74. The van der Waals surface area contributed by atoms with E-state index in [0.717, 1.165) is 22.2 Å². The summed E-state index contributed by atoms with van der Waals surface area (Å²) in [6.45, 7) is 6.21. The van der Waals surface area contributed by atoms with E-state index >= 15 is 0 Å². The highest BCUT2D eigenvalue weighted by atomic mass is 16.5. The molecule has 1 atom stereocenters. The Kier molecular flexibility index (Phi) is 4.93. The number of amides is 1. The van der Waals surface area contributed by atoms with Gasteiger partial charge in [-0.25, -0.2) is 0 Å². The molecule has 1 N–H and O–H groups in total. The zero-order valence-electron chi connectivity index (χ0n) is 14.6. The van der Waals surface area contributed by atoms with E-state index in [2.05, 4.69) is 15.3 Å². The maximum absolute atomic E-state index is 12.7. The first kappa shape index (κ1) is 16.9. The lowest BCUT2D eigenvalue weighted by atomic mass is 10.0. The van der Waals surface area contributed by atoms with Crippen LogP contribution < -0.4 is 10.1 Å². The monoisotopic (exact) mass is 335 g/mol. The molecule has 0 bridgehead atoms. The van der Waals surface area contributed by atoms with Crippen molar-refractivity contribution in [2.24, 2.45) is 0 Å². The molecule has 1 amide bonds. The van der Waals surface area contributed by atoms with Crippen LogP contribution in [-0.4, -0.2) is 28.5 Å². The molecule has 5 nitrogen and oxygen atoms in total. The molecular formula is C20H21N3O2. The van der Waals surface area contributed by atoms with Crippen molar-refractivity contribution in [2.75, 3.05) is 6.54 Å². The molecular weight excluding hydrogens is 314 g/mol. The van der Waals surface area contributed by atoms with Crippen LogP contribution >= 0.6 is 0 Å². The van der Waals surface area contributed by atoms with Crippen LogP contribution in [0.4, 0.5) is 0 Å². The van der Waals surface area contributed by atoms with E-state index in [9.17, 15) is 4.79 Å². The first-order valence-electron chi connectivity index (χ1n) is 8.26. The Labute approximate surface area is 147 Å². The second-order valence-electron chi connectivity index (χ2n) is 6.16. The number of nitrogens with one attached hydrogen (secondary N) is 1. The molecule has 5 heteroatoms. The maximum atomic E-state index is 12.7. The third-order valence-electron chi connectivity index (χ3n) is 3.86. The molecule has 0 aliphatic rings. The summed E-state index contributed by atoms with van der Waals surface area (Å²) in [7, 11) is 0. The van der Waals surface area contributed by atoms with Gasteiger partial charge in [0.1, 0.15) is 11.9 Å². The van der Waals surface area contributed by atoms with Gasteiger partial charge < -0.3 is 10.1 Å². The minimum absolute atomic E-state index is 0.122. The Hall–Kier alpha value is -2.95. The molecule has 0 saturated carbocycles. The van der Waals surface area contributed by atoms with Crippen molar-refractivity contribution in [2.45, 2.75) is 26.9 Å². The summed E-state index contributed by atoms with van der Waals surface area (Å²) in [5.41, 5.74) is 3.39. The summed E-state index contributed by atoms with van der Waals surface area (Å²) in [5.74, 6) is 0.563. The van der Waals surface area contributed by atoms with Crippen molar-refractivity contribution in [1.29, 1.82) is 0 Å². The van der Waals surface area contributed by atoms with Crippen LogP contribution in [0.25, 0.3) is 10.9 Å². The number of hydrogen-bond acceptors (Lipinski definition) is 4. The Morgan fingerprint density at radius 1 is 1.24 bits per heavy atom. The molecule has 0 aliphatic carbocycles. The van der Waals surface area contributed by atoms with Crippen LogP contribution in [0.3, 0.4) is 0 Å². The second-order valence-corrected chi connectivity index (χ2v) is 6.16. The van der Waals surface area contributed by atoms with Crippen LogP contribution in [0.1, 0.15) is 28.5 Å². The van der Waals surface area contributed by atoms with Crippen LogP contribution in [0.2, 0.25) is 0 Å². The predicted octanol–water partition coefficient (Wildman–Crippen LogP) is 3.44. The topological polar surface area (TPSA) is 64.1 Å². The largest absolute Gasteiger partial charge is 0.487 e. The minimum Gasteiger partial charge on any atom is -0.487 e. The quantitative estimate of drug-likeness (QED) is 0.776. The smallest absolute Gasteiger partial charge is 0.252 e. The van der Waals surface area contributed by atoms with Gasteiger partial charge in [-0.3, -0.25) is 14.8 Å². The van der Waals surface area contributed by atoms with Gasteiger partial charge in [0.2, 0.25) is 0 Å². The molecule has 3 aromatic rings. The fourth-order valence-electron chi connectivity index (χ4n) is 2.68. The summed E-state index contributed by atoms with van der Waals surface area (Å²) in [4.78, 5) is 21.2. The van der Waals surface area contributed by atoms with Gasteiger partial charge in [0.25, 0.3) is 5.91 Å². The molecule has 1 unspecified atom stereocenters. The SMILES string of the molecule is Cc1ccc2nc(C)cc(C(=O)NCC(C)Oc3cccnc3)c2c1. The van der Waals surface area contributed by atoms with Gasteiger partial charge in [0.15, 0.2) is 0 Å². The highest BCUT2D eigenvalue weighted by molar-refractivity contribution is 6.06. The van der Waals surface area contributed by atoms with Crippen LogP contribution in [0.5, 0.6) is 5.75 Å². The van der Waals surface area contributed by atoms with Crippen molar-refractivity contribution in [3.8, 4) is 5.75 Å². The predicted molar refractivity (Wildman–Crippen MR) is 97.9 cm³/mol. The van der Waals surface area contributed by atoms with Gasteiger partial charge >= 0.3 is 0 Å². The second kappa shape index (κ2) is 7.30. The molecule has 1 aromatic carbocycles. The standard InChI is InChI=1S/C20H21N3O2/c1-13-6-7-19-17(9-13)18(10-14(2)23-19)20(24)22-11-15(3)25-16-5-4-8-21-12-16/h4-10,12,15H,11H2,1-3H3,(H,22,24). The molecule has 2 aromatic heterocycles. The number of benzene rings is 1. The average Bonchev–Trinajstić information content (AvgIpc) is 2.60. The lowest BCUT2D eigenvalue weighted by Gasteiger charge is -2.16. The van der Waals surface area contributed by atoms with Gasteiger partial charge in [-0.15, -0.1) is 0 Å². The summed E-state index contributed by atoms with van der Waals surface area (Å²) in [5, 5.41) is 3.81. The van der Waals surface area contributed by atoms with Crippen molar-refractivity contribution in [3.63, 3.8) is 0 Å². The van der Waals surface area contributed by atoms with Gasteiger partial charge in [-0.05, 0) is 51.1 Å². The molecule has 0 aliphatic heterocycles. The molecule has 0 radical (unpaired) electrons. The number of nitrogens with zero attached hydrogens (tertiary/aromatic N) is 2. The number of pyridine rings is 2. The first-order valence-corrected chi connectivity index (χ1v) is 8.26. The number of carbonyl (C=O) groups excluding carboxylic acids is 1. The third kappa shape index (κ3) is 4.12. The highest BCUT2D eigenvalue weighted by Crippen LogP contribution is 2.20. The van der Waals surface area contributed by atoms with E-state index < -0.39 is 0 Å². The summed E-state index contributed by atoms with van der Waals surface area (Å²) in [6.07, 6.45) is 3.18. The fraction of sp³-hybridized carbons (Fsp3) is 0.250. The molecule has 25 heavy (non-hydrogen) atoms. The van der Waals surface area contributed by atoms with Gasteiger partial charge in [-0.1, -0.05) is 11.6 Å². The molecule has 128 valence electrons. The minimum atomic E-state index is -0.163. The van der Waals surface area contributed by atoms with E-state index in [0.29, 0.717) is 17.9 Å². The number of aryl methyl sites for hydroxylation is 2. The molecule has 0 saturated heterocycles. The highest BCUT2D eigenvalue weighted by Gasteiger charge is 2.14. The van der Waals surface area contributed by atoms with Crippen molar-refractivity contribution >= 4 is 16.8 Å². The lowest BCUT2D eigenvalue weighted by molar-refractivity contribution is 0.0933. The number of fused-ring (bicyclic) bond motifs is 1. The average molecular weight is 335 g/mol. The van der Waals surface area contributed by atoms with Crippen molar-refractivity contribution < 1.29 is 9.53 Å². The Morgan fingerprint density at radius 2 is 2.08 bits per heavy atom. The number of carbonyl (C=O) groups is 1. The normalized spacial score (nSPS) is 12.0. The Balaban J connectivity index is 1.73. The lowest BCUT2D eigenvalue weighted by Crippen LogP contribution is -2.33. The number of ether oxygens (including phenoxy) is 1. The molecule has 3 rings (SSSR count). The first-order chi connectivity index (χ1) is 12.0.